The number of hydrogen-bond acceptors (Lipinski definition) is 4. The van der Waals surface area contributed by atoms with Gasteiger partial charge in [0.2, 0.25) is 0 Å². The van der Waals surface area contributed by atoms with Crippen molar-refractivity contribution < 1.29 is 31.1 Å². The normalized spacial score (nSPS) is 21.3. The Labute approximate surface area is 300 Å². The summed E-state index contributed by atoms with van der Waals surface area (Å²) < 4.78 is 82.0. The van der Waals surface area contributed by atoms with E-state index in [0.717, 1.165) is 44.8 Å². The summed E-state index contributed by atoms with van der Waals surface area (Å²) in [6, 6.07) is 32.2. The molecular formula is C41H42F6N4O. The number of carbonyl (C=O) groups excluding carboxylic acids is 1. The molecule has 1 amide bonds. The van der Waals surface area contributed by atoms with Gasteiger partial charge in [0, 0.05) is 69.5 Å². The molecule has 3 heterocycles. The molecule has 52 heavy (non-hydrogen) atoms. The van der Waals surface area contributed by atoms with Crippen molar-refractivity contribution in [1.82, 2.24) is 19.6 Å². The van der Waals surface area contributed by atoms with Crippen LogP contribution in [0.15, 0.2) is 109 Å². The van der Waals surface area contributed by atoms with Crippen LogP contribution < -0.4 is 0 Å². The highest BCUT2D eigenvalue weighted by Crippen LogP contribution is 2.38. The summed E-state index contributed by atoms with van der Waals surface area (Å²) in [5.41, 5.74) is -0.0498. The Morgan fingerprint density at radius 1 is 0.635 bits per heavy atom. The molecule has 0 radical (unpaired) electrons. The topological polar surface area (TPSA) is 30.0 Å². The first-order valence-electron chi connectivity index (χ1n) is 17.9. The van der Waals surface area contributed by atoms with Gasteiger partial charge in [0.1, 0.15) is 0 Å². The maximum absolute atomic E-state index is 13.8. The van der Waals surface area contributed by atoms with Gasteiger partial charge < -0.3 is 4.90 Å². The van der Waals surface area contributed by atoms with Crippen LogP contribution in [-0.4, -0.2) is 89.4 Å². The second-order valence-electron chi connectivity index (χ2n) is 14.2. The Balaban J connectivity index is 1.01. The molecule has 0 aliphatic carbocycles. The van der Waals surface area contributed by atoms with Gasteiger partial charge in [-0.15, -0.1) is 0 Å². The van der Waals surface area contributed by atoms with Gasteiger partial charge in [-0.3, -0.25) is 19.5 Å². The van der Waals surface area contributed by atoms with Crippen molar-refractivity contribution in [2.24, 2.45) is 0 Å². The number of alkyl halides is 6. The lowest BCUT2D eigenvalue weighted by Gasteiger charge is -2.52. The lowest BCUT2D eigenvalue weighted by atomic mass is 9.89. The minimum absolute atomic E-state index is 0.0656. The lowest BCUT2D eigenvalue weighted by molar-refractivity contribution is -0.143. The molecule has 0 saturated carbocycles. The van der Waals surface area contributed by atoms with E-state index in [1.165, 1.54) is 16.0 Å². The van der Waals surface area contributed by atoms with Gasteiger partial charge in [0.15, 0.2) is 0 Å². The fourth-order valence-electron chi connectivity index (χ4n) is 8.23. The van der Waals surface area contributed by atoms with Crippen LogP contribution in [0.2, 0.25) is 0 Å². The van der Waals surface area contributed by atoms with Gasteiger partial charge in [-0.1, -0.05) is 91.0 Å². The molecule has 3 saturated heterocycles. The van der Waals surface area contributed by atoms with Gasteiger partial charge in [-0.25, -0.2) is 0 Å². The Bertz CT molecular complexity index is 1720. The number of benzene rings is 4. The zero-order valence-corrected chi connectivity index (χ0v) is 28.7. The summed E-state index contributed by atoms with van der Waals surface area (Å²) in [6.45, 7) is 5.73. The Hall–Kier alpha value is -4.19. The zero-order valence-electron chi connectivity index (χ0n) is 28.7. The summed E-state index contributed by atoms with van der Waals surface area (Å²) in [6.07, 6.45) is -8.43. The molecule has 5 nitrogen and oxygen atoms in total. The standard InChI is InChI=1S/C41H42F6N4O/c42-40(43,44)33-23-32(24-34(25-33)41(45,46)47)39(52)51-17-16-35(26-36(51)22-29-10-4-1-5-11-29)48-18-20-49(21-19-48)37-27-50(28-37)38(30-12-6-2-7-13-30)31-14-8-3-9-15-31/h1-15,23-25,35-38H,16-22,26-28H2. The fourth-order valence-corrected chi connectivity index (χ4v) is 8.23. The van der Waals surface area contributed by atoms with E-state index in [9.17, 15) is 31.1 Å². The first-order valence-corrected chi connectivity index (χ1v) is 17.9. The average Bonchev–Trinajstić information content (AvgIpc) is 3.13. The molecule has 0 aromatic heterocycles. The molecule has 4 aromatic carbocycles. The fraction of sp³-hybridized carbons (Fsp3) is 0.390. The highest BCUT2D eigenvalue weighted by Gasteiger charge is 2.42. The molecule has 3 fully saturated rings. The molecule has 2 atom stereocenters. The van der Waals surface area contributed by atoms with E-state index in [0.29, 0.717) is 37.4 Å². The summed E-state index contributed by atoms with van der Waals surface area (Å²) in [5.74, 6) is -0.806. The van der Waals surface area contributed by atoms with Gasteiger partial charge >= 0.3 is 12.4 Å². The van der Waals surface area contributed by atoms with Crippen LogP contribution in [0.4, 0.5) is 26.3 Å². The number of likely N-dealkylation sites (tertiary alicyclic amines) is 2. The third kappa shape index (κ3) is 8.06. The minimum Gasteiger partial charge on any atom is -0.335 e. The van der Waals surface area contributed by atoms with Crippen LogP contribution >= 0.6 is 0 Å². The molecule has 0 bridgehead atoms. The van der Waals surface area contributed by atoms with Crippen molar-refractivity contribution in [3.63, 3.8) is 0 Å². The maximum Gasteiger partial charge on any atom is 0.416 e. The van der Waals surface area contributed by atoms with Crippen LogP contribution in [0, 0.1) is 0 Å². The number of carbonyl (C=O) groups is 1. The van der Waals surface area contributed by atoms with Crippen LogP contribution in [0.25, 0.3) is 0 Å². The van der Waals surface area contributed by atoms with Gasteiger partial charge in [0.05, 0.1) is 17.2 Å². The van der Waals surface area contributed by atoms with Crippen molar-refractivity contribution in [1.29, 1.82) is 0 Å². The number of halogens is 6. The van der Waals surface area contributed by atoms with Crippen molar-refractivity contribution in [3.05, 3.63) is 143 Å². The smallest absolute Gasteiger partial charge is 0.335 e. The molecule has 274 valence electrons. The first kappa shape index (κ1) is 36.2. The average molecular weight is 721 g/mol. The van der Waals surface area contributed by atoms with Gasteiger partial charge in [0.25, 0.3) is 5.91 Å². The molecule has 3 aliphatic heterocycles. The third-order valence-electron chi connectivity index (χ3n) is 11.0. The lowest BCUT2D eigenvalue weighted by Crippen LogP contribution is -2.64. The SMILES string of the molecule is O=C(c1cc(C(F)(F)F)cc(C(F)(F)F)c1)N1CCC(N2CCN(C3CN(C(c4ccccc4)c4ccccc4)C3)CC2)CC1Cc1ccccc1. The van der Waals surface area contributed by atoms with Crippen LogP contribution in [0.5, 0.6) is 0 Å². The molecule has 0 spiro atoms. The summed E-state index contributed by atoms with van der Waals surface area (Å²) in [4.78, 5) is 22.9. The highest BCUT2D eigenvalue weighted by atomic mass is 19.4. The Morgan fingerprint density at radius 3 is 1.62 bits per heavy atom. The second-order valence-corrected chi connectivity index (χ2v) is 14.2. The molecule has 2 unspecified atom stereocenters. The largest absolute Gasteiger partial charge is 0.416 e. The molecule has 0 N–H and O–H groups in total. The number of rotatable bonds is 8. The van der Waals surface area contributed by atoms with Gasteiger partial charge in [-0.2, -0.15) is 26.3 Å². The van der Waals surface area contributed by atoms with Crippen LogP contribution in [0.1, 0.15) is 57.1 Å². The summed E-state index contributed by atoms with van der Waals surface area (Å²) >= 11 is 0. The van der Waals surface area contributed by atoms with Gasteiger partial charge in [-0.05, 0) is 54.2 Å². The van der Waals surface area contributed by atoms with Crippen LogP contribution in [0.3, 0.4) is 0 Å². The van der Waals surface area contributed by atoms with E-state index in [-0.39, 0.29) is 30.7 Å². The number of piperidine rings is 1. The molecule has 3 aliphatic rings. The highest BCUT2D eigenvalue weighted by molar-refractivity contribution is 5.95. The third-order valence-corrected chi connectivity index (χ3v) is 11.0. The van der Waals surface area contributed by atoms with Crippen LogP contribution in [-0.2, 0) is 18.8 Å². The van der Waals surface area contributed by atoms with Crippen molar-refractivity contribution in [2.45, 2.75) is 55.8 Å². The van der Waals surface area contributed by atoms with Crippen molar-refractivity contribution in [3.8, 4) is 0 Å². The predicted octanol–water partition coefficient (Wildman–Crippen LogP) is 8.03. The Kier molecular flexibility index (Phi) is 10.5. The first-order chi connectivity index (χ1) is 24.9. The zero-order chi connectivity index (χ0) is 36.5. The minimum atomic E-state index is -5.03. The van der Waals surface area contributed by atoms with E-state index in [2.05, 4.69) is 63.2 Å². The number of amides is 1. The Morgan fingerprint density at radius 2 is 1.12 bits per heavy atom. The number of piperazine rings is 1. The molecular weight excluding hydrogens is 678 g/mol. The second kappa shape index (κ2) is 15.0. The molecule has 7 rings (SSSR count). The predicted molar refractivity (Wildman–Crippen MR) is 188 cm³/mol. The van der Waals surface area contributed by atoms with Crippen molar-refractivity contribution >= 4 is 5.91 Å². The summed E-state index contributed by atoms with van der Waals surface area (Å²) in [5, 5.41) is 0. The number of nitrogens with zero attached hydrogens (tertiary/aromatic N) is 4. The molecule has 4 aromatic rings. The van der Waals surface area contributed by atoms with E-state index in [1.807, 2.05) is 42.5 Å². The number of hydrogen-bond donors (Lipinski definition) is 0. The molecule has 11 heteroatoms. The summed E-state index contributed by atoms with van der Waals surface area (Å²) in [7, 11) is 0. The van der Waals surface area contributed by atoms with Crippen molar-refractivity contribution in [2.75, 3.05) is 45.8 Å². The van der Waals surface area contributed by atoms with E-state index in [4.69, 9.17) is 0 Å². The quantitative estimate of drug-likeness (QED) is 0.173. The van der Waals surface area contributed by atoms with E-state index >= 15 is 0 Å². The van der Waals surface area contributed by atoms with E-state index in [1.54, 1.807) is 0 Å². The maximum atomic E-state index is 13.8. The monoisotopic (exact) mass is 720 g/mol. The van der Waals surface area contributed by atoms with E-state index < -0.39 is 35.0 Å².